The first-order valence-electron chi connectivity index (χ1n) is 2.28. The molecule has 0 bridgehead atoms. The third-order valence-corrected chi connectivity index (χ3v) is 1.02. The Morgan fingerprint density at radius 3 is 2.67 bits per heavy atom. The van der Waals surface area contributed by atoms with Crippen LogP contribution in [0.5, 0.6) is 0 Å². The van der Waals surface area contributed by atoms with Crippen molar-refractivity contribution in [2.75, 3.05) is 26.9 Å². The summed E-state index contributed by atoms with van der Waals surface area (Å²) in [6, 6.07) is 0. The van der Waals surface area contributed by atoms with E-state index in [0.717, 1.165) is 13.3 Å². The van der Waals surface area contributed by atoms with Gasteiger partial charge >= 0.3 is 0 Å². The first-order valence-corrected chi connectivity index (χ1v) is 2.28. The second-order valence-electron chi connectivity index (χ2n) is 1.76. The van der Waals surface area contributed by atoms with Crippen molar-refractivity contribution in [2.24, 2.45) is 0 Å². The van der Waals surface area contributed by atoms with Crippen molar-refractivity contribution in [1.82, 2.24) is 0 Å². The number of quaternary nitrogens is 1. The van der Waals surface area contributed by atoms with Crippen molar-refractivity contribution < 1.29 is 9.64 Å². The Morgan fingerprint density at radius 2 is 2.50 bits per heavy atom. The highest BCUT2D eigenvalue weighted by Crippen LogP contribution is 1.68. The predicted octanol–water partition coefficient (Wildman–Crippen LogP) is -1.51. The van der Waals surface area contributed by atoms with Crippen LogP contribution in [0.1, 0.15) is 0 Å². The van der Waals surface area contributed by atoms with Gasteiger partial charge in [-0.2, -0.15) is 0 Å². The maximum atomic E-state index is 5.02. The molecule has 2 nitrogen and oxygen atoms in total. The first-order chi connectivity index (χ1) is 2.89. The molecule has 2 heteroatoms. The third-order valence-electron chi connectivity index (χ3n) is 1.02. The maximum Gasteiger partial charge on any atom is 0.181 e. The lowest BCUT2D eigenvalue weighted by Crippen LogP contribution is -3.07. The summed E-state index contributed by atoms with van der Waals surface area (Å²) in [6.45, 7) is 3.03. The summed E-state index contributed by atoms with van der Waals surface area (Å²) in [4.78, 5) is 1.48. The van der Waals surface area contributed by atoms with Crippen molar-refractivity contribution in [3.63, 3.8) is 0 Å². The molecule has 0 aromatic heterocycles. The Bertz CT molecular complexity index is 40.8. The van der Waals surface area contributed by atoms with Gasteiger partial charge in [-0.05, 0) is 0 Å². The van der Waals surface area contributed by atoms with Gasteiger partial charge in [0.15, 0.2) is 6.73 Å². The molecule has 0 aromatic rings. The lowest BCUT2D eigenvalue weighted by Gasteiger charge is -1.96. The number of nitrogens with one attached hydrogen (secondary N) is 1. The van der Waals surface area contributed by atoms with Gasteiger partial charge in [0.2, 0.25) is 0 Å². The number of rotatable bonds is 0. The van der Waals surface area contributed by atoms with Crippen molar-refractivity contribution in [1.29, 1.82) is 0 Å². The van der Waals surface area contributed by atoms with Crippen LogP contribution in [-0.2, 0) is 4.74 Å². The molecule has 1 fully saturated rings. The number of hydrogen-bond acceptors (Lipinski definition) is 1. The highest BCUT2D eigenvalue weighted by Gasteiger charge is 2.07. The van der Waals surface area contributed by atoms with Crippen molar-refractivity contribution in [3.8, 4) is 0 Å². The maximum absolute atomic E-state index is 5.02. The zero-order chi connectivity index (χ0) is 4.41. The Hall–Kier alpha value is -0.0800. The van der Waals surface area contributed by atoms with E-state index in [-0.39, 0.29) is 0 Å². The van der Waals surface area contributed by atoms with Crippen molar-refractivity contribution in [3.05, 3.63) is 0 Å². The van der Waals surface area contributed by atoms with E-state index in [0.29, 0.717) is 0 Å². The molecule has 1 heterocycles. The largest absolute Gasteiger partial charge is 0.326 e. The fraction of sp³-hybridized carbons (Fsp3) is 1.00. The second kappa shape index (κ2) is 1.58. The van der Waals surface area contributed by atoms with Crippen LogP contribution in [-0.4, -0.2) is 26.9 Å². The van der Waals surface area contributed by atoms with Crippen molar-refractivity contribution >= 4 is 0 Å². The van der Waals surface area contributed by atoms with Crippen LogP contribution < -0.4 is 4.90 Å². The molecule has 0 aromatic carbocycles. The molecule has 1 saturated heterocycles. The Labute approximate surface area is 37.7 Å². The monoisotopic (exact) mass is 88.1 g/mol. The minimum atomic E-state index is 0.903. The van der Waals surface area contributed by atoms with E-state index in [9.17, 15) is 0 Å². The zero-order valence-corrected chi connectivity index (χ0v) is 4.03. The molecule has 1 aliphatic heterocycles. The fourth-order valence-electron chi connectivity index (χ4n) is 0.565. The van der Waals surface area contributed by atoms with Crippen LogP contribution >= 0.6 is 0 Å². The molecule has 1 rings (SSSR count). The molecule has 1 aliphatic rings. The van der Waals surface area contributed by atoms with Crippen LogP contribution in [0.4, 0.5) is 0 Å². The summed E-state index contributed by atoms with van der Waals surface area (Å²) in [5, 5.41) is 0. The van der Waals surface area contributed by atoms with Crippen LogP contribution in [0.15, 0.2) is 0 Å². The third kappa shape index (κ3) is 0.698. The molecular weight excluding hydrogens is 78.0 g/mol. The molecule has 1 N–H and O–H groups in total. The van der Waals surface area contributed by atoms with Crippen LogP contribution in [0, 0.1) is 0 Å². The van der Waals surface area contributed by atoms with Gasteiger partial charge in [-0.15, -0.1) is 0 Å². The molecule has 0 aliphatic carbocycles. The topological polar surface area (TPSA) is 13.7 Å². The van der Waals surface area contributed by atoms with Gasteiger partial charge in [0, 0.05) is 0 Å². The average Bonchev–Trinajstić information content (AvgIpc) is 1.86. The summed E-state index contributed by atoms with van der Waals surface area (Å²) in [5.41, 5.74) is 0. The molecule has 36 valence electrons. The molecule has 0 saturated carbocycles. The van der Waals surface area contributed by atoms with E-state index in [4.69, 9.17) is 4.74 Å². The normalized spacial score (nSPS) is 34.5. The number of likely N-dealkylation sites (N-methyl/N-ethyl adjacent to an activating group) is 1. The number of hydrogen-bond donors (Lipinski definition) is 1. The number of ether oxygens (including phenoxy) is 1. The van der Waals surface area contributed by atoms with Crippen LogP contribution in [0.3, 0.4) is 0 Å². The van der Waals surface area contributed by atoms with E-state index in [1.165, 1.54) is 11.4 Å². The molecule has 0 amide bonds. The predicted molar refractivity (Wildman–Crippen MR) is 22.6 cm³/mol. The summed E-state index contributed by atoms with van der Waals surface area (Å²) < 4.78 is 5.02. The summed E-state index contributed by atoms with van der Waals surface area (Å²) >= 11 is 0. The van der Waals surface area contributed by atoms with E-state index in [2.05, 4.69) is 7.05 Å². The van der Waals surface area contributed by atoms with E-state index in [1.807, 2.05) is 0 Å². The van der Waals surface area contributed by atoms with E-state index >= 15 is 0 Å². The Balaban J connectivity index is 2.18. The lowest BCUT2D eigenvalue weighted by molar-refractivity contribution is -0.876. The second-order valence-corrected chi connectivity index (χ2v) is 1.76. The van der Waals surface area contributed by atoms with E-state index in [1.54, 1.807) is 0 Å². The van der Waals surface area contributed by atoms with Crippen molar-refractivity contribution in [2.45, 2.75) is 0 Å². The molecular formula is C4H10NO+. The molecule has 6 heavy (non-hydrogen) atoms. The van der Waals surface area contributed by atoms with Crippen LogP contribution in [0.25, 0.3) is 0 Å². The fourth-order valence-corrected chi connectivity index (χ4v) is 0.565. The minimum absolute atomic E-state index is 0.903. The van der Waals surface area contributed by atoms with Crippen LogP contribution in [0.2, 0.25) is 0 Å². The quantitative estimate of drug-likeness (QED) is 0.380. The standard InChI is InChI=1S/C4H9NO/c1-5-2-3-6-4-5/h2-4H2,1H3/p+1. The average molecular weight is 88.1 g/mol. The molecule has 0 radical (unpaired) electrons. The summed E-state index contributed by atoms with van der Waals surface area (Å²) in [6.07, 6.45) is 0. The SMILES string of the molecule is C[NH+]1CCOC1. The summed E-state index contributed by atoms with van der Waals surface area (Å²) in [5.74, 6) is 0. The van der Waals surface area contributed by atoms with E-state index < -0.39 is 0 Å². The van der Waals surface area contributed by atoms with Gasteiger partial charge in [0.25, 0.3) is 0 Å². The highest BCUT2D eigenvalue weighted by molar-refractivity contribution is 4.25. The Morgan fingerprint density at radius 1 is 1.67 bits per heavy atom. The molecule has 1 atom stereocenters. The smallest absolute Gasteiger partial charge is 0.181 e. The van der Waals surface area contributed by atoms with Gasteiger partial charge in [0.1, 0.15) is 13.2 Å². The minimum Gasteiger partial charge on any atom is -0.326 e. The Kier molecular flexibility index (Phi) is 1.08. The first kappa shape index (κ1) is 4.09. The lowest BCUT2D eigenvalue weighted by atomic mass is 10.7. The zero-order valence-electron chi connectivity index (χ0n) is 4.03. The van der Waals surface area contributed by atoms with Gasteiger partial charge < -0.3 is 9.64 Å². The van der Waals surface area contributed by atoms with Gasteiger partial charge in [-0.3, -0.25) is 0 Å². The highest BCUT2D eigenvalue weighted by atomic mass is 16.5. The van der Waals surface area contributed by atoms with Gasteiger partial charge in [-0.1, -0.05) is 0 Å². The summed E-state index contributed by atoms with van der Waals surface area (Å²) in [7, 11) is 2.13. The molecule has 0 spiro atoms. The molecule has 1 unspecified atom stereocenters. The van der Waals surface area contributed by atoms with Gasteiger partial charge in [-0.25, -0.2) is 0 Å². The van der Waals surface area contributed by atoms with Gasteiger partial charge in [0.05, 0.1) is 7.05 Å².